The number of fused-ring (bicyclic) bond motifs is 26. The Balaban J connectivity index is 1.07. The second-order valence-corrected chi connectivity index (χ2v) is 19.1. The van der Waals surface area contributed by atoms with Crippen molar-refractivity contribution in [2.45, 2.75) is 23.2 Å². The molecule has 0 bridgehead atoms. The molecular formula is C64H39N. The lowest BCUT2D eigenvalue weighted by Crippen LogP contribution is -2.36. The maximum absolute atomic E-state index is 2.71. The van der Waals surface area contributed by atoms with Gasteiger partial charge in [0.2, 0.25) is 0 Å². The third-order valence-corrected chi connectivity index (χ3v) is 16.7. The van der Waals surface area contributed by atoms with E-state index in [-0.39, 0.29) is 0 Å². The van der Waals surface area contributed by atoms with Gasteiger partial charge in [0.1, 0.15) is 0 Å². The molecule has 65 heavy (non-hydrogen) atoms. The highest BCUT2D eigenvalue weighted by Crippen LogP contribution is 2.71. The Kier molecular flexibility index (Phi) is 6.14. The van der Waals surface area contributed by atoms with Crippen LogP contribution >= 0.6 is 0 Å². The lowest BCUT2D eigenvalue weighted by Gasteiger charge is -2.45. The van der Waals surface area contributed by atoms with E-state index in [2.05, 4.69) is 230 Å². The zero-order chi connectivity index (χ0) is 42.4. The fourth-order valence-electron chi connectivity index (χ4n) is 14.5. The van der Waals surface area contributed by atoms with E-state index in [1.54, 1.807) is 0 Å². The molecule has 0 saturated heterocycles. The summed E-state index contributed by atoms with van der Waals surface area (Å²) in [5.41, 5.74) is 30.6. The van der Waals surface area contributed by atoms with E-state index >= 15 is 0 Å². The van der Waals surface area contributed by atoms with Crippen LogP contribution in [0.1, 0.15) is 68.1 Å². The third kappa shape index (κ3) is 3.67. The number of hydrogen-bond acceptors (Lipinski definition) is 1. The Morgan fingerprint density at radius 3 is 1.15 bits per heavy atom. The Morgan fingerprint density at radius 1 is 0.277 bits per heavy atom. The van der Waals surface area contributed by atoms with Crippen LogP contribution in [0.5, 0.6) is 0 Å². The number of benzene rings is 10. The molecule has 1 unspecified atom stereocenters. The molecule has 1 aliphatic heterocycles. The van der Waals surface area contributed by atoms with Crippen molar-refractivity contribution < 1.29 is 0 Å². The van der Waals surface area contributed by atoms with Crippen molar-refractivity contribution >= 4 is 17.1 Å². The first-order valence-electron chi connectivity index (χ1n) is 23.1. The van der Waals surface area contributed by atoms with Gasteiger partial charge in [-0.25, -0.2) is 0 Å². The fraction of sp³-hybridized carbons (Fsp3) is 0.0625. The summed E-state index contributed by atoms with van der Waals surface area (Å²) in [6.07, 6.45) is 0. The van der Waals surface area contributed by atoms with Gasteiger partial charge in [0.05, 0.1) is 22.2 Å². The maximum atomic E-state index is 2.71. The smallest absolute Gasteiger partial charge is 0.0746 e. The molecule has 1 atom stereocenters. The van der Waals surface area contributed by atoms with E-state index in [4.69, 9.17) is 0 Å². The predicted octanol–water partition coefficient (Wildman–Crippen LogP) is 15.5. The van der Waals surface area contributed by atoms with Gasteiger partial charge in [0.15, 0.2) is 0 Å². The molecule has 5 aliphatic carbocycles. The van der Waals surface area contributed by atoms with Gasteiger partial charge in [0, 0.05) is 16.7 Å². The quantitative estimate of drug-likeness (QED) is 0.159. The second-order valence-electron chi connectivity index (χ2n) is 19.1. The number of anilines is 3. The summed E-state index contributed by atoms with van der Waals surface area (Å²) < 4.78 is 0. The summed E-state index contributed by atoms with van der Waals surface area (Å²) in [7, 11) is 0. The average molecular weight is 822 g/mol. The van der Waals surface area contributed by atoms with E-state index in [1.165, 1.54) is 134 Å². The molecule has 16 rings (SSSR count). The molecule has 0 N–H and O–H groups in total. The van der Waals surface area contributed by atoms with Crippen LogP contribution in [-0.4, -0.2) is 0 Å². The molecule has 2 spiro atoms. The van der Waals surface area contributed by atoms with Crippen molar-refractivity contribution in [1.29, 1.82) is 0 Å². The minimum Gasteiger partial charge on any atom is -0.309 e. The number of nitrogens with zero attached hydrogens (tertiary/aromatic N) is 1. The van der Waals surface area contributed by atoms with E-state index in [1.807, 2.05) is 0 Å². The Labute approximate surface area is 378 Å². The van der Waals surface area contributed by atoms with Gasteiger partial charge in [0.25, 0.3) is 0 Å². The summed E-state index contributed by atoms with van der Waals surface area (Å²) in [5.74, 6) is 0. The molecule has 1 heteroatoms. The van der Waals surface area contributed by atoms with Crippen molar-refractivity contribution in [1.82, 2.24) is 0 Å². The largest absolute Gasteiger partial charge is 0.309 e. The summed E-state index contributed by atoms with van der Waals surface area (Å²) in [4.78, 5) is 2.71. The van der Waals surface area contributed by atoms with E-state index in [0.29, 0.717) is 0 Å². The molecule has 0 radical (unpaired) electrons. The second kappa shape index (κ2) is 11.6. The monoisotopic (exact) mass is 821 g/mol. The maximum Gasteiger partial charge on any atom is 0.0746 e. The molecule has 10 aromatic rings. The summed E-state index contributed by atoms with van der Waals surface area (Å²) in [6.45, 7) is 2.51. The van der Waals surface area contributed by atoms with Crippen LogP contribution < -0.4 is 4.90 Å². The minimum absolute atomic E-state index is 0.394. The lowest BCUT2D eigenvalue weighted by molar-refractivity contribution is 0.693. The fourth-order valence-corrected chi connectivity index (χ4v) is 14.5. The van der Waals surface area contributed by atoms with Crippen LogP contribution in [0.2, 0.25) is 0 Å². The molecule has 0 aromatic heterocycles. The Hall–Kier alpha value is -8.00. The standard InChI is InChI=1S/C64H39N/c1-62-49-25-9-2-22-44(49)47-24-16-32-58(59(47)62)65(38-33-34-46-43-21-5-12-28-52(43)63(57(46)37-38)50-26-10-3-17-39(50)40-18-4-11-27-51(40)63)61-56(62)36-35-48-45-23-8-15-31-55(45)64(60(48)61)53-29-13-6-19-41(53)42-20-7-14-30-54(42)64/h2-37H,1H3. The van der Waals surface area contributed by atoms with Gasteiger partial charge in [-0.3, -0.25) is 0 Å². The van der Waals surface area contributed by atoms with Gasteiger partial charge < -0.3 is 4.90 Å². The van der Waals surface area contributed by atoms with Crippen LogP contribution in [-0.2, 0) is 16.2 Å². The van der Waals surface area contributed by atoms with Crippen molar-refractivity contribution in [3.05, 3.63) is 280 Å². The SMILES string of the molecule is CC12c3ccccc3-c3cccc(c31)N(c1ccc3c(c1)C1(c4ccccc4-c4ccccc41)c1ccccc1-3)c1c2ccc2c1C1(c3ccccc3-c3ccccc31)c1ccccc1-2. The first-order valence-corrected chi connectivity index (χ1v) is 23.1. The average Bonchev–Trinajstić information content (AvgIpc) is 4.11. The molecule has 1 nitrogen and oxygen atoms in total. The van der Waals surface area contributed by atoms with Crippen LogP contribution in [0.25, 0.3) is 55.6 Å². The van der Waals surface area contributed by atoms with Gasteiger partial charge in [-0.05, 0) is 136 Å². The highest BCUT2D eigenvalue weighted by atomic mass is 15.2. The molecule has 10 aromatic carbocycles. The van der Waals surface area contributed by atoms with Crippen molar-refractivity contribution in [2.75, 3.05) is 4.90 Å². The summed E-state index contributed by atoms with van der Waals surface area (Å²) in [5, 5.41) is 0. The van der Waals surface area contributed by atoms with Crippen LogP contribution in [0.4, 0.5) is 17.1 Å². The molecule has 6 aliphatic rings. The van der Waals surface area contributed by atoms with Crippen LogP contribution in [0.3, 0.4) is 0 Å². The normalized spacial score (nSPS) is 17.6. The van der Waals surface area contributed by atoms with Crippen molar-refractivity contribution in [2.24, 2.45) is 0 Å². The van der Waals surface area contributed by atoms with Gasteiger partial charge in [-0.15, -0.1) is 0 Å². The summed E-state index contributed by atoms with van der Waals surface area (Å²) >= 11 is 0. The number of rotatable bonds is 1. The first kappa shape index (κ1) is 34.5. The molecule has 0 saturated carbocycles. The molecule has 0 fully saturated rings. The van der Waals surface area contributed by atoms with E-state index in [0.717, 1.165) is 0 Å². The highest BCUT2D eigenvalue weighted by Gasteiger charge is 2.58. The number of hydrogen-bond donors (Lipinski definition) is 0. The lowest BCUT2D eigenvalue weighted by atomic mass is 9.65. The zero-order valence-corrected chi connectivity index (χ0v) is 35.7. The van der Waals surface area contributed by atoms with Gasteiger partial charge >= 0.3 is 0 Å². The van der Waals surface area contributed by atoms with Crippen molar-refractivity contribution in [3.63, 3.8) is 0 Å². The topological polar surface area (TPSA) is 3.24 Å². The van der Waals surface area contributed by atoms with Crippen LogP contribution in [0, 0.1) is 0 Å². The summed E-state index contributed by atoms with van der Waals surface area (Å²) in [6, 6.07) is 84.0. The van der Waals surface area contributed by atoms with Crippen molar-refractivity contribution in [3.8, 4) is 55.6 Å². The Bertz CT molecular complexity index is 3700. The third-order valence-electron chi connectivity index (χ3n) is 16.7. The van der Waals surface area contributed by atoms with Gasteiger partial charge in [-0.1, -0.05) is 200 Å². The van der Waals surface area contributed by atoms with Gasteiger partial charge in [-0.2, -0.15) is 0 Å². The molecule has 300 valence electrons. The predicted molar refractivity (Wildman–Crippen MR) is 265 cm³/mol. The minimum atomic E-state index is -0.538. The Morgan fingerprint density at radius 2 is 0.646 bits per heavy atom. The molecule has 0 amide bonds. The highest BCUT2D eigenvalue weighted by molar-refractivity contribution is 6.06. The molecular weight excluding hydrogens is 783 g/mol. The zero-order valence-electron chi connectivity index (χ0n) is 35.7. The molecule has 1 heterocycles. The van der Waals surface area contributed by atoms with E-state index < -0.39 is 16.2 Å². The van der Waals surface area contributed by atoms with E-state index in [9.17, 15) is 0 Å². The first-order chi connectivity index (χ1) is 32.2. The van der Waals surface area contributed by atoms with Crippen LogP contribution in [0.15, 0.2) is 218 Å².